The van der Waals surface area contributed by atoms with Crippen molar-refractivity contribution >= 4 is 35.0 Å². The van der Waals surface area contributed by atoms with E-state index in [9.17, 15) is 22.8 Å². The molecule has 1 unspecified atom stereocenters. The Labute approximate surface area is 233 Å². The van der Waals surface area contributed by atoms with Gasteiger partial charge in [-0.05, 0) is 48.0 Å². The molecule has 10 heteroatoms. The van der Waals surface area contributed by atoms with E-state index < -0.39 is 28.8 Å². The van der Waals surface area contributed by atoms with Crippen LogP contribution in [0.5, 0.6) is 11.5 Å². The summed E-state index contributed by atoms with van der Waals surface area (Å²) in [4.78, 5) is 27.1. The molecule has 0 aliphatic carbocycles. The fourth-order valence-electron chi connectivity index (χ4n) is 3.99. The van der Waals surface area contributed by atoms with Gasteiger partial charge in [-0.1, -0.05) is 54.6 Å². The lowest BCUT2D eigenvalue weighted by molar-refractivity contribution is -0.137. The van der Waals surface area contributed by atoms with Gasteiger partial charge in [-0.15, -0.1) is 11.8 Å². The fourth-order valence-corrected chi connectivity index (χ4v) is 5.07. The highest BCUT2D eigenvalue weighted by Gasteiger charge is 2.34. The first kappa shape index (κ1) is 28.6. The van der Waals surface area contributed by atoms with Crippen LogP contribution in [0, 0.1) is 0 Å². The molecule has 0 saturated heterocycles. The largest absolute Gasteiger partial charge is 0.496 e. The third-order valence-electron chi connectivity index (χ3n) is 5.83. The Morgan fingerprint density at radius 3 is 2.05 bits per heavy atom. The molecule has 4 aromatic rings. The van der Waals surface area contributed by atoms with Crippen LogP contribution >= 0.6 is 11.8 Å². The number of halogens is 3. The molecule has 0 heterocycles. The molecule has 2 N–H and O–H groups in total. The molecule has 40 heavy (non-hydrogen) atoms. The first-order valence-electron chi connectivity index (χ1n) is 12.0. The van der Waals surface area contributed by atoms with Gasteiger partial charge in [0.25, 0.3) is 5.91 Å². The smallest absolute Gasteiger partial charge is 0.418 e. The summed E-state index contributed by atoms with van der Waals surface area (Å²) in [5, 5.41) is 4.38. The van der Waals surface area contributed by atoms with E-state index in [1.807, 2.05) is 0 Å². The summed E-state index contributed by atoms with van der Waals surface area (Å²) in [7, 11) is 2.90. The van der Waals surface area contributed by atoms with Gasteiger partial charge in [-0.2, -0.15) is 13.2 Å². The third-order valence-corrected chi connectivity index (χ3v) is 7.08. The molecule has 206 valence electrons. The Balaban J connectivity index is 1.60. The number of rotatable bonds is 9. The topological polar surface area (TPSA) is 76.7 Å². The van der Waals surface area contributed by atoms with Crippen molar-refractivity contribution < 1.29 is 32.2 Å². The molecule has 0 aliphatic rings. The summed E-state index contributed by atoms with van der Waals surface area (Å²) in [6.07, 6.45) is -4.63. The van der Waals surface area contributed by atoms with Gasteiger partial charge in [-0.3, -0.25) is 9.59 Å². The second-order valence-electron chi connectivity index (χ2n) is 8.46. The van der Waals surface area contributed by atoms with Crippen LogP contribution in [0.3, 0.4) is 0 Å². The number of benzene rings is 4. The van der Waals surface area contributed by atoms with Gasteiger partial charge >= 0.3 is 6.18 Å². The van der Waals surface area contributed by atoms with Gasteiger partial charge in [0.1, 0.15) is 22.3 Å². The van der Waals surface area contributed by atoms with E-state index >= 15 is 0 Å². The van der Waals surface area contributed by atoms with Gasteiger partial charge < -0.3 is 20.1 Å². The maximum atomic E-state index is 13.5. The third kappa shape index (κ3) is 6.76. The van der Waals surface area contributed by atoms with Crippen molar-refractivity contribution in [3.05, 3.63) is 114 Å². The van der Waals surface area contributed by atoms with Crippen LogP contribution in [-0.4, -0.2) is 26.0 Å². The molecular formula is C30H25F3N2O4S. The predicted molar refractivity (Wildman–Crippen MR) is 149 cm³/mol. The number of methoxy groups -OCH3 is 2. The summed E-state index contributed by atoms with van der Waals surface area (Å²) in [5.74, 6) is -0.414. The summed E-state index contributed by atoms with van der Waals surface area (Å²) < 4.78 is 51.2. The summed E-state index contributed by atoms with van der Waals surface area (Å²) in [6.45, 7) is 0. The van der Waals surface area contributed by atoms with E-state index in [2.05, 4.69) is 10.6 Å². The summed E-state index contributed by atoms with van der Waals surface area (Å²) >= 11 is 1.14. The Morgan fingerprint density at radius 1 is 0.775 bits per heavy atom. The van der Waals surface area contributed by atoms with Crippen molar-refractivity contribution in [1.29, 1.82) is 0 Å². The Kier molecular flexibility index (Phi) is 9.00. The number of para-hydroxylation sites is 1. The van der Waals surface area contributed by atoms with Crippen LogP contribution in [0.15, 0.2) is 102 Å². The van der Waals surface area contributed by atoms with Crippen LogP contribution in [-0.2, 0) is 11.0 Å². The molecule has 4 rings (SSSR count). The molecule has 0 aromatic heterocycles. The summed E-state index contributed by atoms with van der Waals surface area (Å²) in [5.41, 5.74) is 0.000601. The number of ether oxygens (including phenoxy) is 2. The maximum absolute atomic E-state index is 13.5. The van der Waals surface area contributed by atoms with Crippen molar-refractivity contribution in [3.8, 4) is 11.5 Å². The molecule has 0 radical (unpaired) electrons. The highest BCUT2D eigenvalue weighted by molar-refractivity contribution is 8.00. The van der Waals surface area contributed by atoms with Gasteiger partial charge in [0.15, 0.2) is 0 Å². The zero-order valence-corrected chi connectivity index (χ0v) is 22.3. The van der Waals surface area contributed by atoms with E-state index in [1.165, 1.54) is 32.4 Å². The normalized spacial score (nSPS) is 11.8. The van der Waals surface area contributed by atoms with E-state index in [0.29, 0.717) is 27.6 Å². The number of thioether (sulfide) groups is 1. The lowest BCUT2D eigenvalue weighted by atomic mass is 10.1. The Morgan fingerprint density at radius 2 is 1.40 bits per heavy atom. The number of hydrogen-bond acceptors (Lipinski definition) is 5. The number of alkyl halides is 3. The van der Waals surface area contributed by atoms with Gasteiger partial charge in [0.2, 0.25) is 5.91 Å². The predicted octanol–water partition coefficient (Wildman–Crippen LogP) is 7.45. The second-order valence-corrected chi connectivity index (χ2v) is 9.64. The molecular weight excluding hydrogens is 541 g/mol. The zero-order valence-electron chi connectivity index (χ0n) is 21.5. The van der Waals surface area contributed by atoms with Crippen molar-refractivity contribution in [1.82, 2.24) is 0 Å². The van der Waals surface area contributed by atoms with Crippen LogP contribution in [0.25, 0.3) is 0 Å². The van der Waals surface area contributed by atoms with Crippen molar-refractivity contribution in [2.45, 2.75) is 16.3 Å². The van der Waals surface area contributed by atoms with E-state index in [-0.39, 0.29) is 11.3 Å². The van der Waals surface area contributed by atoms with Crippen molar-refractivity contribution in [2.24, 2.45) is 0 Å². The van der Waals surface area contributed by atoms with Crippen LogP contribution in [0.4, 0.5) is 24.5 Å². The average Bonchev–Trinajstić information content (AvgIpc) is 2.95. The van der Waals surface area contributed by atoms with Crippen LogP contribution in [0.1, 0.15) is 26.7 Å². The summed E-state index contributed by atoms with van der Waals surface area (Å²) in [6, 6.07) is 25.4. The minimum absolute atomic E-state index is 0.218. The zero-order chi connectivity index (χ0) is 28.7. The van der Waals surface area contributed by atoms with Gasteiger partial charge in [-0.25, -0.2) is 0 Å². The van der Waals surface area contributed by atoms with E-state index in [4.69, 9.17) is 9.47 Å². The number of anilines is 2. The maximum Gasteiger partial charge on any atom is 0.418 e. The molecule has 0 bridgehead atoms. The number of amides is 2. The fraction of sp³-hybridized carbons (Fsp3) is 0.133. The highest BCUT2D eigenvalue weighted by Crippen LogP contribution is 2.39. The number of carbonyl (C=O) groups is 2. The van der Waals surface area contributed by atoms with Crippen molar-refractivity contribution in [2.75, 3.05) is 24.9 Å². The van der Waals surface area contributed by atoms with Gasteiger partial charge in [0.05, 0.1) is 25.5 Å². The van der Waals surface area contributed by atoms with E-state index in [0.717, 1.165) is 17.8 Å². The molecule has 0 saturated carbocycles. The van der Waals surface area contributed by atoms with Crippen LogP contribution in [0.2, 0.25) is 0 Å². The quantitative estimate of drug-likeness (QED) is 0.206. The minimum atomic E-state index is -4.63. The molecule has 0 aliphatic heterocycles. The number of hydrogen-bond donors (Lipinski definition) is 2. The number of nitrogens with one attached hydrogen (secondary N) is 2. The minimum Gasteiger partial charge on any atom is -0.496 e. The molecule has 0 spiro atoms. The molecule has 0 fully saturated rings. The standard InChI is InChI=1S/C30H25F3N2O4S/c1-38-24-16-9-17-25(39-2)26(24)28(36)34-20-12-8-13-21(18-20)40-27(19-10-4-3-5-11-19)29(37)35-23-15-7-6-14-22(23)30(31,32)33/h3-18,27H,1-2H3,(H,34,36)(H,35,37). The first-order valence-corrected chi connectivity index (χ1v) is 12.9. The molecule has 2 amide bonds. The average molecular weight is 567 g/mol. The van der Waals surface area contributed by atoms with E-state index in [1.54, 1.807) is 72.8 Å². The second kappa shape index (κ2) is 12.6. The monoisotopic (exact) mass is 566 g/mol. The molecule has 6 nitrogen and oxygen atoms in total. The lowest BCUT2D eigenvalue weighted by Crippen LogP contribution is -2.21. The SMILES string of the molecule is COc1cccc(OC)c1C(=O)Nc1cccc(SC(C(=O)Nc2ccccc2C(F)(F)F)c2ccccc2)c1. The van der Waals surface area contributed by atoms with Crippen LogP contribution < -0.4 is 20.1 Å². The molecule has 4 aromatic carbocycles. The Bertz CT molecular complexity index is 1470. The lowest BCUT2D eigenvalue weighted by Gasteiger charge is -2.19. The number of carbonyl (C=O) groups excluding carboxylic acids is 2. The Hall–Kier alpha value is -4.44. The molecule has 1 atom stereocenters. The van der Waals surface area contributed by atoms with Gasteiger partial charge in [0, 0.05) is 10.6 Å². The first-order chi connectivity index (χ1) is 19.2. The highest BCUT2D eigenvalue weighted by atomic mass is 32.2. The van der Waals surface area contributed by atoms with Crippen molar-refractivity contribution in [3.63, 3.8) is 0 Å².